The molecule has 0 amide bonds. The van der Waals surface area contributed by atoms with Gasteiger partial charge in [-0.15, -0.1) is 0 Å². The predicted molar refractivity (Wildman–Crippen MR) is 77.7 cm³/mol. The Bertz CT molecular complexity index is 400. The van der Waals surface area contributed by atoms with Crippen LogP contribution in [0.3, 0.4) is 0 Å². The van der Waals surface area contributed by atoms with Crippen LogP contribution in [0.1, 0.15) is 30.9 Å². The Morgan fingerprint density at radius 2 is 2.05 bits per heavy atom. The van der Waals surface area contributed by atoms with Gasteiger partial charge in [0, 0.05) is 13.1 Å². The first kappa shape index (κ1) is 14.5. The van der Waals surface area contributed by atoms with Crippen LogP contribution < -0.4 is 5.32 Å². The van der Waals surface area contributed by atoms with Gasteiger partial charge in [0.25, 0.3) is 0 Å². The molecule has 2 rings (SSSR count). The van der Waals surface area contributed by atoms with Crippen LogP contribution in [0.4, 0.5) is 4.39 Å². The van der Waals surface area contributed by atoms with E-state index in [1.165, 1.54) is 18.4 Å². The smallest absolute Gasteiger partial charge is 0.123 e. The van der Waals surface area contributed by atoms with Crippen molar-refractivity contribution in [3.05, 3.63) is 35.1 Å². The molecule has 2 nitrogen and oxygen atoms in total. The molecule has 1 aliphatic rings. The minimum absolute atomic E-state index is 0.136. The molecule has 0 atom stereocenters. The zero-order valence-corrected chi connectivity index (χ0v) is 12.1. The monoisotopic (exact) mass is 264 g/mol. The molecule has 0 aromatic heterocycles. The van der Waals surface area contributed by atoms with Gasteiger partial charge in [0.05, 0.1) is 0 Å². The summed E-state index contributed by atoms with van der Waals surface area (Å²) in [7, 11) is 0. The van der Waals surface area contributed by atoms with Gasteiger partial charge in [-0.05, 0) is 68.6 Å². The number of piperidine rings is 1. The summed E-state index contributed by atoms with van der Waals surface area (Å²) in [6.45, 7) is 9.66. The fraction of sp³-hybridized carbons (Fsp3) is 0.625. The Hall–Kier alpha value is -0.930. The minimum Gasteiger partial charge on any atom is -0.317 e. The van der Waals surface area contributed by atoms with Crippen molar-refractivity contribution in [3.63, 3.8) is 0 Å². The highest BCUT2D eigenvalue weighted by molar-refractivity contribution is 5.26. The highest BCUT2D eigenvalue weighted by Gasteiger charge is 2.16. The Morgan fingerprint density at radius 3 is 2.68 bits per heavy atom. The number of benzene rings is 1. The van der Waals surface area contributed by atoms with Crippen molar-refractivity contribution >= 4 is 0 Å². The highest BCUT2D eigenvalue weighted by atomic mass is 19.1. The normalized spacial score (nSPS) is 17.1. The van der Waals surface area contributed by atoms with Crippen molar-refractivity contribution in [3.8, 4) is 0 Å². The van der Waals surface area contributed by atoms with Crippen LogP contribution in [0.5, 0.6) is 0 Å². The molecule has 3 heteroatoms. The molecule has 1 heterocycles. The van der Waals surface area contributed by atoms with E-state index >= 15 is 0 Å². The molecule has 0 unspecified atom stereocenters. The Labute approximate surface area is 116 Å². The average molecular weight is 264 g/mol. The van der Waals surface area contributed by atoms with E-state index in [0.717, 1.165) is 44.2 Å². The fourth-order valence-corrected chi connectivity index (χ4v) is 2.81. The number of aryl methyl sites for hydroxylation is 1. The largest absolute Gasteiger partial charge is 0.317 e. The summed E-state index contributed by atoms with van der Waals surface area (Å²) in [5, 5.41) is 3.41. The van der Waals surface area contributed by atoms with E-state index in [2.05, 4.69) is 17.1 Å². The molecule has 1 aromatic rings. The molecular weight excluding hydrogens is 239 g/mol. The summed E-state index contributed by atoms with van der Waals surface area (Å²) in [6, 6.07) is 5.13. The quantitative estimate of drug-likeness (QED) is 0.879. The van der Waals surface area contributed by atoms with E-state index in [1.807, 2.05) is 13.0 Å². The fourth-order valence-electron chi connectivity index (χ4n) is 2.81. The van der Waals surface area contributed by atoms with Gasteiger partial charge in [0.1, 0.15) is 5.82 Å². The van der Waals surface area contributed by atoms with Crippen molar-refractivity contribution in [2.45, 2.75) is 33.2 Å². The third-order valence-corrected chi connectivity index (χ3v) is 4.12. The maximum absolute atomic E-state index is 13.1. The minimum atomic E-state index is -0.136. The molecule has 1 N–H and O–H groups in total. The van der Waals surface area contributed by atoms with Crippen LogP contribution in [-0.2, 0) is 6.54 Å². The van der Waals surface area contributed by atoms with Crippen molar-refractivity contribution in [1.82, 2.24) is 10.2 Å². The molecule has 19 heavy (non-hydrogen) atoms. The number of halogens is 1. The van der Waals surface area contributed by atoms with Crippen LogP contribution in [0.15, 0.2) is 18.2 Å². The molecule has 0 bridgehead atoms. The first-order chi connectivity index (χ1) is 9.19. The van der Waals surface area contributed by atoms with Crippen molar-refractivity contribution in [1.29, 1.82) is 0 Å². The van der Waals surface area contributed by atoms with Crippen LogP contribution in [0, 0.1) is 18.7 Å². The third-order valence-electron chi connectivity index (χ3n) is 4.12. The van der Waals surface area contributed by atoms with Crippen LogP contribution >= 0.6 is 0 Å². The third kappa shape index (κ3) is 4.29. The number of nitrogens with zero attached hydrogens (tertiary/aromatic N) is 1. The second kappa shape index (κ2) is 7.01. The first-order valence-corrected chi connectivity index (χ1v) is 7.37. The van der Waals surface area contributed by atoms with Crippen molar-refractivity contribution in [2.75, 3.05) is 26.2 Å². The Morgan fingerprint density at radius 1 is 1.32 bits per heavy atom. The lowest BCUT2D eigenvalue weighted by Crippen LogP contribution is -2.36. The number of rotatable bonds is 5. The van der Waals surface area contributed by atoms with Gasteiger partial charge in [0.15, 0.2) is 0 Å². The Balaban J connectivity index is 1.94. The summed E-state index contributed by atoms with van der Waals surface area (Å²) >= 11 is 0. The molecule has 106 valence electrons. The average Bonchev–Trinajstić information content (AvgIpc) is 2.42. The standard InChI is InChI=1S/C16H25FN2/c1-3-19(11-14-6-8-18-9-7-14)12-15-4-5-16(17)10-13(15)2/h4-5,10,14,18H,3,6-9,11-12H2,1-2H3. The molecule has 0 radical (unpaired) electrons. The van der Waals surface area contributed by atoms with Gasteiger partial charge in [-0.3, -0.25) is 4.90 Å². The van der Waals surface area contributed by atoms with Gasteiger partial charge in [-0.1, -0.05) is 13.0 Å². The second-order valence-electron chi connectivity index (χ2n) is 5.59. The molecule has 0 spiro atoms. The van der Waals surface area contributed by atoms with E-state index in [4.69, 9.17) is 0 Å². The molecular formula is C16H25FN2. The first-order valence-electron chi connectivity index (χ1n) is 7.37. The molecule has 1 aliphatic heterocycles. The zero-order chi connectivity index (χ0) is 13.7. The number of hydrogen-bond donors (Lipinski definition) is 1. The van der Waals surface area contributed by atoms with E-state index in [-0.39, 0.29) is 5.82 Å². The lowest BCUT2D eigenvalue weighted by Gasteiger charge is -2.29. The van der Waals surface area contributed by atoms with Crippen molar-refractivity contribution in [2.24, 2.45) is 5.92 Å². The summed E-state index contributed by atoms with van der Waals surface area (Å²) in [5.74, 6) is 0.671. The maximum atomic E-state index is 13.1. The molecule has 1 fully saturated rings. The summed E-state index contributed by atoms with van der Waals surface area (Å²) in [4.78, 5) is 2.48. The molecule has 1 saturated heterocycles. The maximum Gasteiger partial charge on any atom is 0.123 e. The molecule has 0 aliphatic carbocycles. The number of hydrogen-bond acceptors (Lipinski definition) is 2. The van der Waals surface area contributed by atoms with E-state index in [1.54, 1.807) is 12.1 Å². The second-order valence-corrected chi connectivity index (χ2v) is 5.59. The van der Waals surface area contributed by atoms with Crippen LogP contribution in [-0.4, -0.2) is 31.1 Å². The summed E-state index contributed by atoms with van der Waals surface area (Å²) in [6.07, 6.45) is 2.55. The van der Waals surface area contributed by atoms with Crippen LogP contribution in [0.25, 0.3) is 0 Å². The van der Waals surface area contributed by atoms with Gasteiger partial charge in [-0.25, -0.2) is 4.39 Å². The summed E-state index contributed by atoms with van der Waals surface area (Å²) < 4.78 is 13.1. The van der Waals surface area contributed by atoms with Gasteiger partial charge < -0.3 is 5.32 Å². The Kier molecular flexibility index (Phi) is 5.34. The zero-order valence-electron chi connectivity index (χ0n) is 12.1. The predicted octanol–water partition coefficient (Wildman–Crippen LogP) is 2.96. The lowest BCUT2D eigenvalue weighted by atomic mass is 9.97. The van der Waals surface area contributed by atoms with Gasteiger partial charge >= 0.3 is 0 Å². The van der Waals surface area contributed by atoms with Gasteiger partial charge in [-0.2, -0.15) is 0 Å². The molecule has 1 aromatic carbocycles. The highest BCUT2D eigenvalue weighted by Crippen LogP contribution is 2.17. The van der Waals surface area contributed by atoms with E-state index < -0.39 is 0 Å². The summed E-state index contributed by atoms with van der Waals surface area (Å²) in [5.41, 5.74) is 2.31. The lowest BCUT2D eigenvalue weighted by molar-refractivity contribution is 0.206. The molecule has 0 saturated carbocycles. The topological polar surface area (TPSA) is 15.3 Å². The van der Waals surface area contributed by atoms with E-state index in [9.17, 15) is 4.39 Å². The SMILES string of the molecule is CCN(Cc1ccc(F)cc1C)CC1CCNCC1. The van der Waals surface area contributed by atoms with Gasteiger partial charge in [0.2, 0.25) is 0 Å². The van der Waals surface area contributed by atoms with E-state index in [0.29, 0.717) is 0 Å². The van der Waals surface area contributed by atoms with Crippen LogP contribution in [0.2, 0.25) is 0 Å². The number of nitrogens with one attached hydrogen (secondary N) is 1. The van der Waals surface area contributed by atoms with Crippen molar-refractivity contribution < 1.29 is 4.39 Å².